The second-order valence-electron chi connectivity index (χ2n) is 8.18. The van der Waals surface area contributed by atoms with E-state index in [1.807, 2.05) is 0 Å². The summed E-state index contributed by atoms with van der Waals surface area (Å²) in [5.74, 6) is 1.03. The molecule has 0 saturated heterocycles. The zero-order valence-corrected chi connectivity index (χ0v) is 18.4. The normalized spacial score (nSPS) is 21.9. The molecule has 0 spiro atoms. The average molecular weight is 437 g/mol. The molecule has 0 unspecified atom stereocenters. The highest BCUT2D eigenvalue weighted by atomic mass is 32.2. The molecule has 158 valence electrons. The highest BCUT2D eigenvalue weighted by molar-refractivity contribution is 7.92. The van der Waals surface area contributed by atoms with Gasteiger partial charge in [0.1, 0.15) is 11.6 Å². The third kappa shape index (κ3) is 4.57. The molecule has 3 N–H and O–H groups in total. The molecule has 2 heterocycles. The van der Waals surface area contributed by atoms with Gasteiger partial charge in [0, 0.05) is 10.9 Å². The monoisotopic (exact) mass is 436 g/mol. The zero-order valence-electron chi connectivity index (χ0n) is 16.8. The number of thiazole rings is 1. The fraction of sp³-hybridized carbons (Fsp3) is 0.600. The highest BCUT2D eigenvalue weighted by Crippen LogP contribution is 2.33. The van der Waals surface area contributed by atoms with E-state index in [4.69, 9.17) is 0 Å². The summed E-state index contributed by atoms with van der Waals surface area (Å²) in [6.07, 6.45) is 6.15. The van der Waals surface area contributed by atoms with Gasteiger partial charge in [0.2, 0.25) is 0 Å². The van der Waals surface area contributed by atoms with Gasteiger partial charge >= 0.3 is 0 Å². The molecular formula is C20H28N4O3S2. The topological polar surface area (TPSA) is 104 Å². The number of pyridine rings is 1. The van der Waals surface area contributed by atoms with E-state index in [2.05, 4.69) is 20.6 Å². The van der Waals surface area contributed by atoms with Crippen molar-refractivity contribution in [3.8, 4) is 0 Å². The van der Waals surface area contributed by atoms with Gasteiger partial charge in [0.15, 0.2) is 15.0 Å². The van der Waals surface area contributed by atoms with E-state index >= 15 is 0 Å². The molecule has 1 saturated carbocycles. The Kier molecular flexibility index (Phi) is 5.81. The van der Waals surface area contributed by atoms with E-state index in [0.29, 0.717) is 11.6 Å². The molecule has 9 heteroatoms. The van der Waals surface area contributed by atoms with Crippen molar-refractivity contribution in [2.45, 2.75) is 81.1 Å². The number of sulfone groups is 1. The standard InChI is InChI=1S/C20H28N4O3S2/c1-12(2)29(26,27)15-10-18(21-13-6-8-14(25)9-7-13)23-19(11-15)24-20-22-16-4-3-5-17(16)28-20/h10-14,25H,3-9H2,1-2H3,(H2,21,22,23,24). The number of aryl methyl sites for hydroxylation is 2. The molecule has 0 radical (unpaired) electrons. The summed E-state index contributed by atoms with van der Waals surface area (Å²) in [5.41, 5.74) is 1.14. The first-order valence-electron chi connectivity index (χ1n) is 10.3. The van der Waals surface area contributed by atoms with Gasteiger partial charge in [0.25, 0.3) is 0 Å². The van der Waals surface area contributed by atoms with Crippen molar-refractivity contribution >= 4 is 37.9 Å². The maximum Gasteiger partial charge on any atom is 0.188 e. The molecule has 0 amide bonds. The summed E-state index contributed by atoms with van der Waals surface area (Å²) in [6.45, 7) is 3.37. The molecule has 0 bridgehead atoms. The lowest BCUT2D eigenvalue weighted by molar-refractivity contribution is 0.126. The number of anilines is 3. The molecule has 0 aromatic carbocycles. The number of fused-ring (bicyclic) bond motifs is 1. The van der Waals surface area contributed by atoms with Crippen molar-refractivity contribution in [3.05, 3.63) is 22.7 Å². The van der Waals surface area contributed by atoms with Gasteiger partial charge < -0.3 is 15.7 Å². The molecule has 29 heavy (non-hydrogen) atoms. The van der Waals surface area contributed by atoms with Crippen LogP contribution in [0.5, 0.6) is 0 Å². The van der Waals surface area contributed by atoms with Crippen molar-refractivity contribution in [1.29, 1.82) is 0 Å². The van der Waals surface area contributed by atoms with Crippen molar-refractivity contribution < 1.29 is 13.5 Å². The quantitative estimate of drug-likeness (QED) is 0.635. The smallest absolute Gasteiger partial charge is 0.188 e. The molecule has 2 aromatic rings. The van der Waals surface area contributed by atoms with Gasteiger partial charge in [-0.05, 0) is 70.9 Å². The number of nitrogens with zero attached hydrogens (tertiary/aromatic N) is 2. The molecule has 1 fully saturated rings. The molecule has 2 aromatic heterocycles. The van der Waals surface area contributed by atoms with Crippen LogP contribution in [0.15, 0.2) is 17.0 Å². The molecular weight excluding hydrogens is 408 g/mol. The molecule has 2 aliphatic carbocycles. The van der Waals surface area contributed by atoms with Crippen LogP contribution in [0.2, 0.25) is 0 Å². The first-order valence-corrected chi connectivity index (χ1v) is 12.6. The average Bonchev–Trinajstić information content (AvgIpc) is 3.25. The fourth-order valence-electron chi connectivity index (χ4n) is 3.86. The Hall–Kier alpha value is -1.71. The Morgan fingerprint density at radius 1 is 1.10 bits per heavy atom. The largest absolute Gasteiger partial charge is 0.393 e. The predicted molar refractivity (Wildman–Crippen MR) is 116 cm³/mol. The molecule has 4 rings (SSSR count). The maximum atomic E-state index is 12.8. The van der Waals surface area contributed by atoms with Crippen LogP contribution in [0.25, 0.3) is 0 Å². The lowest BCUT2D eigenvalue weighted by atomic mass is 9.93. The summed E-state index contributed by atoms with van der Waals surface area (Å²) >= 11 is 1.62. The Labute approximate surface area is 175 Å². The van der Waals surface area contributed by atoms with E-state index in [1.54, 1.807) is 37.3 Å². The Morgan fingerprint density at radius 3 is 2.52 bits per heavy atom. The third-order valence-corrected chi connectivity index (χ3v) is 8.83. The van der Waals surface area contributed by atoms with Crippen LogP contribution < -0.4 is 10.6 Å². The van der Waals surface area contributed by atoms with Crippen LogP contribution >= 0.6 is 11.3 Å². The number of aliphatic hydroxyl groups excluding tert-OH is 1. The van der Waals surface area contributed by atoms with Gasteiger partial charge in [-0.3, -0.25) is 0 Å². The Bertz CT molecular complexity index is 958. The number of hydrogen-bond acceptors (Lipinski definition) is 8. The van der Waals surface area contributed by atoms with Crippen molar-refractivity contribution in [2.75, 3.05) is 10.6 Å². The first kappa shape index (κ1) is 20.6. The van der Waals surface area contributed by atoms with Crippen LogP contribution in [-0.4, -0.2) is 40.9 Å². The summed E-state index contributed by atoms with van der Waals surface area (Å²) < 4.78 is 25.6. The van der Waals surface area contributed by atoms with Gasteiger partial charge in [-0.15, -0.1) is 11.3 Å². The number of hydrogen-bond donors (Lipinski definition) is 3. The van der Waals surface area contributed by atoms with Gasteiger partial charge in [0.05, 0.1) is 21.9 Å². The molecule has 2 aliphatic rings. The van der Waals surface area contributed by atoms with E-state index in [-0.39, 0.29) is 17.0 Å². The summed E-state index contributed by atoms with van der Waals surface area (Å²) in [5, 5.41) is 16.6. The lowest BCUT2D eigenvalue weighted by Crippen LogP contribution is -2.28. The molecule has 0 aliphatic heterocycles. The zero-order chi connectivity index (χ0) is 20.6. The highest BCUT2D eigenvalue weighted by Gasteiger charge is 2.24. The van der Waals surface area contributed by atoms with Crippen LogP contribution in [0.1, 0.15) is 56.5 Å². The molecule has 0 atom stereocenters. The minimum absolute atomic E-state index is 0.180. The lowest BCUT2D eigenvalue weighted by Gasteiger charge is -2.27. The number of rotatable bonds is 6. The van der Waals surface area contributed by atoms with Crippen LogP contribution in [-0.2, 0) is 22.7 Å². The van der Waals surface area contributed by atoms with E-state index in [9.17, 15) is 13.5 Å². The number of aliphatic hydroxyl groups is 1. The predicted octanol–water partition coefficient (Wildman–Crippen LogP) is 3.67. The Morgan fingerprint density at radius 2 is 1.83 bits per heavy atom. The summed E-state index contributed by atoms with van der Waals surface area (Å²) in [6, 6.07) is 3.39. The van der Waals surface area contributed by atoms with Crippen molar-refractivity contribution in [3.63, 3.8) is 0 Å². The maximum absolute atomic E-state index is 12.8. The fourth-order valence-corrected chi connectivity index (χ4v) is 6.02. The first-order chi connectivity index (χ1) is 13.8. The minimum Gasteiger partial charge on any atom is -0.393 e. The summed E-state index contributed by atoms with van der Waals surface area (Å²) in [4.78, 5) is 10.8. The van der Waals surface area contributed by atoms with Gasteiger partial charge in [-0.25, -0.2) is 18.4 Å². The number of nitrogens with one attached hydrogen (secondary N) is 2. The van der Waals surface area contributed by atoms with E-state index in [0.717, 1.165) is 55.8 Å². The van der Waals surface area contributed by atoms with Crippen molar-refractivity contribution in [1.82, 2.24) is 9.97 Å². The molecule has 7 nitrogen and oxygen atoms in total. The SMILES string of the molecule is CC(C)S(=O)(=O)c1cc(Nc2nc3c(s2)CCC3)nc(NC2CCC(O)CC2)c1. The minimum atomic E-state index is -3.44. The van der Waals surface area contributed by atoms with E-state index in [1.165, 1.54) is 4.88 Å². The van der Waals surface area contributed by atoms with E-state index < -0.39 is 15.1 Å². The van der Waals surface area contributed by atoms with Crippen LogP contribution in [0, 0.1) is 0 Å². The second-order valence-corrected chi connectivity index (χ2v) is 11.8. The summed E-state index contributed by atoms with van der Waals surface area (Å²) in [7, 11) is -3.44. The Balaban J connectivity index is 1.62. The van der Waals surface area contributed by atoms with Crippen LogP contribution in [0.3, 0.4) is 0 Å². The number of aromatic nitrogens is 2. The third-order valence-electron chi connectivity index (χ3n) is 5.63. The van der Waals surface area contributed by atoms with Gasteiger partial charge in [-0.2, -0.15) is 0 Å². The van der Waals surface area contributed by atoms with Gasteiger partial charge in [-0.1, -0.05) is 0 Å². The second kappa shape index (κ2) is 8.20. The van der Waals surface area contributed by atoms with Crippen LogP contribution in [0.4, 0.5) is 16.8 Å². The van der Waals surface area contributed by atoms with Crippen molar-refractivity contribution in [2.24, 2.45) is 0 Å².